The number of morpholine rings is 1. The fraction of sp³-hybridized carbons (Fsp3) is 0.333. The zero-order valence-corrected chi connectivity index (χ0v) is 15.3. The number of alkyl carbamates (subject to hydrolysis) is 1. The van der Waals surface area contributed by atoms with Gasteiger partial charge in [0.1, 0.15) is 18.8 Å². The maximum Gasteiger partial charge on any atom is 0.408 e. The number of carbonyl (C=O) groups excluding carboxylic acids is 2. The summed E-state index contributed by atoms with van der Waals surface area (Å²) in [5, 5.41) is 2.61. The van der Waals surface area contributed by atoms with E-state index in [9.17, 15) is 9.59 Å². The van der Waals surface area contributed by atoms with Gasteiger partial charge in [-0.3, -0.25) is 4.79 Å². The van der Waals surface area contributed by atoms with Crippen molar-refractivity contribution in [2.45, 2.75) is 25.7 Å². The van der Waals surface area contributed by atoms with Crippen LogP contribution in [0.4, 0.5) is 4.79 Å². The van der Waals surface area contributed by atoms with Crippen molar-refractivity contribution in [2.75, 3.05) is 19.7 Å². The minimum atomic E-state index is -0.664. The molecule has 3 rings (SSSR count). The van der Waals surface area contributed by atoms with Crippen molar-refractivity contribution in [3.05, 3.63) is 71.8 Å². The molecule has 0 spiro atoms. The van der Waals surface area contributed by atoms with Crippen molar-refractivity contribution in [2.24, 2.45) is 0 Å². The normalized spacial score (nSPS) is 17.8. The van der Waals surface area contributed by atoms with Crippen LogP contribution in [-0.4, -0.2) is 42.6 Å². The Kier molecular flexibility index (Phi) is 6.44. The number of hydrogen-bond donors (Lipinski definition) is 1. The van der Waals surface area contributed by atoms with E-state index in [4.69, 9.17) is 9.47 Å². The zero-order chi connectivity index (χ0) is 19.1. The average Bonchev–Trinajstić information content (AvgIpc) is 2.73. The lowest BCUT2D eigenvalue weighted by molar-refractivity contribution is -0.140. The molecule has 6 heteroatoms. The van der Waals surface area contributed by atoms with Crippen LogP contribution in [0.25, 0.3) is 0 Å². The Hall–Kier alpha value is -2.86. The van der Waals surface area contributed by atoms with Crippen molar-refractivity contribution in [1.82, 2.24) is 10.2 Å². The quantitative estimate of drug-likeness (QED) is 0.881. The summed E-state index contributed by atoms with van der Waals surface area (Å²) in [5.74, 6) is -0.143. The van der Waals surface area contributed by atoms with Gasteiger partial charge < -0.3 is 19.7 Å². The lowest BCUT2D eigenvalue weighted by Crippen LogP contribution is -2.51. The molecule has 0 aliphatic carbocycles. The molecule has 2 aromatic carbocycles. The molecule has 0 unspecified atom stereocenters. The summed E-state index contributed by atoms with van der Waals surface area (Å²) >= 11 is 0. The number of carbonyl (C=O) groups is 2. The van der Waals surface area contributed by atoms with Crippen LogP contribution in [0.3, 0.4) is 0 Å². The molecule has 27 heavy (non-hydrogen) atoms. The second kappa shape index (κ2) is 9.19. The van der Waals surface area contributed by atoms with Crippen LogP contribution < -0.4 is 5.32 Å². The fourth-order valence-electron chi connectivity index (χ4n) is 3.00. The van der Waals surface area contributed by atoms with Crippen LogP contribution in [0.2, 0.25) is 0 Å². The Bertz CT molecular complexity index is 751. The second-order valence-corrected chi connectivity index (χ2v) is 6.48. The van der Waals surface area contributed by atoms with Gasteiger partial charge in [-0.25, -0.2) is 4.79 Å². The third-order valence-corrected chi connectivity index (χ3v) is 4.47. The molecule has 1 N–H and O–H groups in total. The molecule has 0 saturated carbocycles. The summed E-state index contributed by atoms with van der Waals surface area (Å²) in [6, 6.07) is 18.6. The maximum atomic E-state index is 12.7. The molecule has 2 atom stereocenters. The summed E-state index contributed by atoms with van der Waals surface area (Å²) in [5.41, 5.74) is 1.93. The minimum Gasteiger partial charge on any atom is -0.445 e. The van der Waals surface area contributed by atoms with Gasteiger partial charge in [-0.05, 0) is 18.1 Å². The van der Waals surface area contributed by atoms with Gasteiger partial charge in [-0.2, -0.15) is 0 Å². The predicted octanol–water partition coefficient (Wildman–Crippen LogP) is 2.90. The van der Waals surface area contributed by atoms with E-state index < -0.39 is 12.1 Å². The highest BCUT2D eigenvalue weighted by molar-refractivity contribution is 5.85. The molecule has 142 valence electrons. The standard InChI is InChI=1S/C21H24N2O4/c1-16(22-21(25)27-15-17-8-4-2-5-9-17)20(24)23-12-13-26-19(14-23)18-10-6-3-7-11-18/h2-11,16,19H,12-15H2,1H3,(H,22,25)/t16-,19+/m0/s1. The third-order valence-electron chi connectivity index (χ3n) is 4.47. The molecule has 1 fully saturated rings. The first-order valence-corrected chi connectivity index (χ1v) is 9.06. The van der Waals surface area contributed by atoms with E-state index in [0.29, 0.717) is 19.7 Å². The van der Waals surface area contributed by atoms with E-state index in [0.717, 1.165) is 11.1 Å². The van der Waals surface area contributed by atoms with Crippen molar-refractivity contribution in [1.29, 1.82) is 0 Å². The van der Waals surface area contributed by atoms with E-state index in [1.165, 1.54) is 0 Å². The summed E-state index contributed by atoms with van der Waals surface area (Å²) in [7, 11) is 0. The topological polar surface area (TPSA) is 67.9 Å². The Morgan fingerprint density at radius 1 is 1.15 bits per heavy atom. The molecule has 0 radical (unpaired) electrons. The smallest absolute Gasteiger partial charge is 0.408 e. The Balaban J connectivity index is 1.49. The first kappa shape index (κ1) is 18.9. The SMILES string of the molecule is C[C@H](NC(=O)OCc1ccccc1)C(=O)N1CCO[C@@H](c2ccccc2)C1. The lowest BCUT2D eigenvalue weighted by atomic mass is 10.1. The Morgan fingerprint density at radius 3 is 2.52 bits per heavy atom. The van der Waals surface area contributed by atoms with E-state index in [2.05, 4.69) is 5.32 Å². The molecule has 1 aliphatic rings. The summed E-state index contributed by atoms with van der Waals surface area (Å²) in [6.07, 6.45) is -0.756. The first-order chi connectivity index (χ1) is 13.1. The van der Waals surface area contributed by atoms with Gasteiger partial charge >= 0.3 is 6.09 Å². The third kappa shape index (κ3) is 5.31. The highest BCUT2D eigenvalue weighted by Crippen LogP contribution is 2.22. The fourth-order valence-corrected chi connectivity index (χ4v) is 3.00. The van der Waals surface area contributed by atoms with Gasteiger partial charge in [0.05, 0.1) is 13.2 Å². The molecular weight excluding hydrogens is 344 g/mol. The highest BCUT2D eigenvalue weighted by Gasteiger charge is 2.29. The number of benzene rings is 2. The van der Waals surface area contributed by atoms with Crippen molar-refractivity contribution in [3.8, 4) is 0 Å². The average molecular weight is 368 g/mol. The number of hydrogen-bond acceptors (Lipinski definition) is 4. The number of ether oxygens (including phenoxy) is 2. The molecule has 2 amide bonds. The molecule has 6 nitrogen and oxygen atoms in total. The molecule has 0 bridgehead atoms. The van der Waals surface area contributed by atoms with E-state index in [1.807, 2.05) is 60.7 Å². The van der Waals surface area contributed by atoms with Gasteiger partial charge in [0.25, 0.3) is 0 Å². The number of nitrogens with one attached hydrogen (secondary N) is 1. The molecule has 1 aliphatic heterocycles. The van der Waals surface area contributed by atoms with Crippen LogP contribution in [-0.2, 0) is 20.9 Å². The van der Waals surface area contributed by atoms with Gasteiger partial charge in [0.15, 0.2) is 0 Å². The monoisotopic (exact) mass is 368 g/mol. The van der Waals surface area contributed by atoms with Crippen molar-refractivity contribution >= 4 is 12.0 Å². The van der Waals surface area contributed by atoms with E-state index >= 15 is 0 Å². The zero-order valence-electron chi connectivity index (χ0n) is 15.3. The van der Waals surface area contributed by atoms with Crippen LogP contribution in [0.15, 0.2) is 60.7 Å². The molecule has 0 aromatic heterocycles. The van der Waals surface area contributed by atoms with Crippen LogP contribution in [0.5, 0.6) is 0 Å². The highest BCUT2D eigenvalue weighted by atomic mass is 16.5. The Labute approximate surface area is 159 Å². The number of nitrogens with zero attached hydrogens (tertiary/aromatic N) is 1. The van der Waals surface area contributed by atoms with E-state index in [-0.39, 0.29) is 18.6 Å². The summed E-state index contributed by atoms with van der Waals surface area (Å²) in [4.78, 5) is 26.4. The van der Waals surface area contributed by atoms with Crippen molar-refractivity contribution < 1.29 is 19.1 Å². The van der Waals surface area contributed by atoms with E-state index in [1.54, 1.807) is 11.8 Å². The lowest BCUT2D eigenvalue weighted by Gasteiger charge is -2.34. The molecule has 1 saturated heterocycles. The summed E-state index contributed by atoms with van der Waals surface area (Å²) in [6.45, 7) is 3.28. The Morgan fingerprint density at radius 2 is 1.81 bits per heavy atom. The van der Waals surface area contributed by atoms with Gasteiger partial charge in [0.2, 0.25) is 5.91 Å². The second-order valence-electron chi connectivity index (χ2n) is 6.48. The first-order valence-electron chi connectivity index (χ1n) is 9.06. The largest absolute Gasteiger partial charge is 0.445 e. The molecular formula is C21H24N2O4. The number of rotatable bonds is 5. The van der Waals surface area contributed by atoms with Gasteiger partial charge in [0, 0.05) is 6.54 Å². The molecule has 1 heterocycles. The summed E-state index contributed by atoms with van der Waals surface area (Å²) < 4.78 is 11.0. The maximum absolute atomic E-state index is 12.7. The van der Waals surface area contributed by atoms with Crippen LogP contribution in [0.1, 0.15) is 24.2 Å². The van der Waals surface area contributed by atoms with Crippen molar-refractivity contribution in [3.63, 3.8) is 0 Å². The molecule has 2 aromatic rings. The van der Waals surface area contributed by atoms with Gasteiger partial charge in [-0.15, -0.1) is 0 Å². The van der Waals surface area contributed by atoms with Gasteiger partial charge in [-0.1, -0.05) is 60.7 Å². The number of amides is 2. The van der Waals surface area contributed by atoms with Crippen LogP contribution >= 0.6 is 0 Å². The predicted molar refractivity (Wildman–Crippen MR) is 101 cm³/mol. The minimum absolute atomic E-state index is 0.143. The van der Waals surface area contributed by atoms with Crippen LogP contribution in [0, 0.1) is 0 Å².